The summed E-state index contributed by atoms with van der Waals surface area (Å²) in [4.78, 5) is 23.9. The summed E-state index contributed by atoms with van der Waals surface area (Å²) in [6, 6.07) is 16.2. The van der Waals surface area contributed by atoms with Gasteiger partial charge in [-0.05, 0) is 50.2 Å². The van der Waals surface area contributed by atoms with Crippen molar-refractivity contribution in [2.24, 2.45) is 0 Å². The number of esters is 1. The highest BCUT2D eigenvalue weighted by Crippen LogP contribution is 2.16. The molecule has 2 rings (SSSR count). The van der Waals surface area contributed by atoms with E-state index in [2.05, 4.69) is 5.32 Å². The summed E-state index contributed by atoms with van der Waals surface area (Å²) in [7, 11) is 0. The van der Waals surface area contributed by atoms with Crippen LogP contribution in [0.4, 0.5) is 5.69 Å². The zero-order chi connectivity index (χ0) is 18.8. The first kappa shape index (κ1) is 19.3. The molecule has 0 saturated carbocycles. The second-order valence-electron chi connectivity index (χ2n) is 5.49. The van der Waals surface area contributed by atoms with Crippen molar-refractivity contribution in [1.29, 1.82) is 0 Å². The van der Waals surface area contributed by atoms with Gasteiger partial charge in [0.1, 0.15) is 11.5 Å². The van der Waals surface area contributed by atoms with Crippen LogP contribution in [0, 0.1) is 0 Å². The Morgan fingerprint density at radius 2 is 1.62 bits per heavy atom. The van der Waals surface area contributed by atoms with Gasteiger partial charge in [-0.3, -0.25) is 9.59 Å². The number of carbonyl (C=O) groups excluding carboxylic acids is 2. The van der Waals surface area contributed by atoms with Crippen molar-refractivity contribution in [3.8, 4) is 11.5 Å². The number of para-hydroxylation sites is 1. The highest BCUT2D eigenvalue weighted by Gasteiger charge is 2.18. The van der Waals surface area contributed by atoms with Gasteiger partial charge in [-0.25, -0.2) is 0 Å². The van der Waals surface area contributed by atoms with Gasteiger partial charge in [-0.2, -0.15) is 0 Å². The lowest BCUT2D eigenvalue weighted by Gasteiger charge is -2.14. The van der Waals surface area contributed by atoms with E-state index in [0.29, 0.717) is 18.0 Å². The third-order valence-corrected chi connectivity index (χ3v) is 3.43. The highest BCUT2D eigenvalue weighted by atomic mass is 16.5. The minimum atomic E-state index is -0.897. The number of rotatable bonds is 9. The summed E-state index contributed by atoms with van der Waals surface area (Å²) >= 11 is 0. The van der Waals surface area contributed by atoms with E-state index in [1.807, 2.05) is 25.1 Å². The third kappa shape index (κ3) is 6.47. The molecule has 1 atom stereocenters. The van der Waals surface area contributed by atoms with Gasteiger partial charge >= 0.3 is 5.97 Å². The van der Waals surface area contributed by atoms with E-state index in [0.717, 1.165) is 5.75 Å². The molecule has 1 amide bonds. The van der Waals surface area contributed by atoms with E-state index >= 15 is 0 Å². The molecule has 0 aliphatic heterocycles. The van der Waals surface area contributed by atoms with Gasteiger partial charge < -0.3 is 19.5 Å². The third-order valence-electron chi connectivity index (χ3n) is 3.43. The topological polar surface area (TPSA) is 73.9 Å². The number of carbonyl (C=O) groups is 2. The van der Waals surface area contributed by atoms with Crippen LogP contribution >= 0.6 is 0 Å². The molecule has 0 bridgehead atoms. The molecule has 138 valence electrons. The van der Waals surface area contributed by atoms with Crippen LogP contribution in [0.2, 0.25) is 0 Å². The number of anilines is 1. The molecule has 0 aromatic heterocycles. The van der Waals surface area contributed by atoms with E-state index in [1.165, 1.54) is 6.92 Å². The lowest BCUT2D eigenvalue weighted by molar-refractivity contribution is -0.153. The van der Waals surface area contributed by atoms with Crippen LogP contribution in [0.15, 0.2) is 54.6 Å². The van der Waals surface area contributed by atoms with E-state index < -0.39 is 18.0 Å². The van der Waals surface area contributed by atoms with Crippen LogP contribution in [0.5, 0.6) is 11.5 Å². The standard InChI is InChI=1S/C20H23NO5/c1-3-24-18-11-9-16(10-12-18)21-20(23)15(2)26-19(22)13-14-25-17-7-5-4-6-8-17/h4-12,15H,3,13-14H2,1-2H3,(H,21,23)/t15-/m0/s1. The van der Waals surface area contributed by atoms with Crippen molar-refractivity contribution >= 4 is 17.6 Å². The maximum absolute atomic E-state index is 12.1. The maximum atomic E-state index is 12.1. The van der Waals surface area contributed by atoms with Crippen molar-refractivity contribution in [3.63, 3.8) is 0 Å². The Morgan fingerprint density at radius 3 is 2.27 bits per heavy atom. The number of ether oxygens (including phenoxy) is 3. The van der Waals surface area contributed by atoms with E-state index in [9.17, 15) is 9.59 Å². The molecule has 0 unspecified atom stereocenters. The average Bonchev–Trinajstić information content (AvgIpc) is 2.64. The zero-order valence-electron chi connectivity index (χ0n) is 14.9. The Morgan fingerprint density at radius 1 is 0.962 bits per heavy atom. The zero-order valence-corrected chi connectivity index (χ0v) is 14.9. The molecule has 0 fully saturated rings. The monoisotopic (exact) mass is 357 g/mol. The Kier molecular flexibility index (Phi) is 7.49. The summed E-state index contributed by atoms with van der Waals surface area (Å²) in [5.74, 6) is 0.520. The molecule has 2 aromatic carbocycles. The fraction of sp³-hybridized carbons (Fsp3) is 0.300. The van der Waals surface area contributed by atoms with Gasteiger partial charge in [0.05, 0.1) is 19.6 Å². The lowest BCUT2D eigenvalue weighted by atomic mass is 10.3. The summed E-state index contributed by atoms with van der Waals surface area (Å²) in [5, 5.41) is 2.70. The molecule has 6 heteroatoms. The molecule has 2 aromatic rings. The number of benzene rings is 2. The molecule has 0 spiro atoms. The summed E-state index contributed by atoms with van der Waals surface area (Å²) in [6.07, 6.45) is -0.832. The van der Waals surface area contributed by atoms with Gasteiger partial charge in [0.15, 0.2) is 6.10 Å². The molecular formula is C20H23NO5. The maximum Gasteiger partial charge on any atom is 0.310 e. The molecule has 0 aliphatic rings. The smallest absolute Gasteiger partial charge is 0.310 e. The predicted octanol–water partition coefficient (Wildman–Crippen LogP) is 3.42. The fourth-order valence-corrected chi connectivity index (χ4v) is 2.12. The van der Waals surface area contributed by atoms with Gasteiger partial charge in [0.25, 0.3) is 5.91 Å². The minimum absolute atomic E-state index is 0.0650. The van der Waals surface area contributed by atoms with Crippen LogP contribution in [0.1, 0.15) is 20.3 Å². The molecule has 0 aliphatic carbocycles. The minimum Gasteiger partial charge on any atom is -0.494 e. The first-order valence-electron chi connectivity index (χ1n) is 8.49. The van der Waals surface area contributed by atoms with Gasteiger partial charge in [-0.15, -0.1) is 0 Å². The van der Waals surface area contributed by atoms with E-state index in [-0.39, 0.29) is 13.0 Å². The molecule has 0 heterocycles. The quantitative estimate of drug-likeness (QED) is 0.696. The molecule has 0 radical (unpaired) electrons. The van der Waals surface area contributed by atoms with Crippen LogP contribution in [0.25, 0.3) is 0 Å². The van der Waals surface area contributed by atoms with Crippen LogP contribution < -0.4 is 14.8 Å². The van der Waals surface area contributed by atoms with Crippen LogP contribution in [-0.2, 0) is 14.3 Å². The van der Waals surface area contributed by atoms with Crippen molar-refractivity contribution < 1.29 is 23.8 Å². The summed E-state index contributed by atoms with van der Waals surface area (Å²) in [6.45, 7) is 4.19. The highest BCUT2D eigenvalue weighted by molar-refractivity contribution is 5.95. The Bertz CT molecular complexity index is 700. The van der Waals surface area contributed by atoms with Gasteiger partial charge in [0, 0.05) is 5.69 Å². The largest absolute Gasteiger partial charge is 0.494 e. The van der Waals surface area contributed by atoms with Crippen molar-refractivity contribution in [2.45, 2.75) is 26.4 Å². The fourth-order valence-electron chi connectivity index (χ4n) is 2.12. The Balaban J connectivity index is 1.72. The number of hydrogen-bond donors (Lipinski definition) is 1. The first-order chi connectivity index (χ1) is 12.6. The molecular weight excluding hydrogens is 334 g/mol. The van der Waals surface area contributed by atoms with E-state index in [4.69, 9.17) is 14.2 Å². The second kappa shape index (κ2) is 10.1. The molecule has 26 heavy (non-hydrogen) atoms. The normalized spacial score (nSPS) is 11.3. The average molecular weight is 357 g/mol. The molecule has 6 nitrogen and oxygen atoms in total. The van der Waals surface area contributed by atoms with Crippen molar-refractivity contribution in [1.82, 2.24) is 0 Å². The van der Waals surface area contributed by atoms with Crippen molar-refractivity contribution in [3.05, 3.63) is 54.6 Å². The lowest BCUT2D eigenvalue weighted by Crippen LogP contribution is -2.30. The van der Waals surface area contributed by atoms with Crippen LogP contribution in [0.3, 0.4) is 0 Å². The van der Waals surface area contributed by atoms with Gasteiger partial charge in [0.2, 0.25) is 0 Å². The number of amides is 1. The number of nitrogens with one attached hydrogen (secondary N) is 1. The second-order valence-corrected chi connectivity index (χ2v) is 5.49. The Hall–Kier alpha value is -3.02. The first-order valence-corrected chi connectivity index (χ1v) is 8.49. The SMILES string of the molecule is CCOc1ccc(NC(=O)[C@H](C)OC(=O)CCOc2ccccc2)cc1. The van der Waals surface area contributed by atoms with Gasteiger partial charge in [-0.1, -0.05) is 18.2 Å². The molecule has 0 saturated heterocycles. The summed E-state index contributed by atoms with van der Waals surface area (Å²) in [5.41, 5.74) is 0.605. The predicted molar refractivity (Wildman–Crippen MR) is 98.3 cm³/mol. The molecule has 1 N–H and O–H groups in total. The van der Waals surface area contributed by atoms with E-state index in [1.54, 1.807) is 36.4 Å². The summed E-state index contributed by atoms with van der Waals surface area (Å²) < 4.78 is 15.9. The Labute approximate surface area is 153 Å². The van der Waals surface area contributed by atoms with Crippen LogP contribution in [-0.4, -0.2) is 31.2 Å². The van der Waals surface area contributed by atoms with Crippen molar-refractivity contribution in [2.75, 3.05) is 18.5 Å². The number of hydrogen-bond acceptors (Lipinski definition) is 5.